The third-order valence-corrected chi connectivity index (χ3v) is 6.56. The Hall–Kier alpha value is -3.46. The van der Waals surface area contributed by atoms with Gasteiger partial charge in [0.2, 0.25) is 0 Å². The van der Waals surface area contributed by atoms with Crippen molar-refractivity contribution in [1.82, 2.24) is 15.1 Å². The van der Waals surface area contributed by atoms with Crippen LogP contribution in [0.25, 0.3) is 5.69 Å². The van der Waals surface area contributed by atoms with Gasteiger partial charge in [-0.05, 0) is 37.1 Å². The van der Waals surface area contributed by atoms with E-state index in [4.69, 9.17) is 0 Å². The number of carbonyl (C=O) groups is 2. The number of benzene rings is 2. The highest BCUT2D eigenvalue weighted by molar-refractivity contribution is 7.90. The first-order valence-corrected chi connectivity index (χ1v) is 11.6. The van der Waals surface area contributed by atoms with Crippen molar-refractivity contribution >= 4 is 27.5 Å². The second-order valence-corrected chi connectivity index (χ2v) is 9.68. The molecule has 31 heavy (non-hydrogen) atoms. The Morgan fingerprint density at radius 3 is 2.48 bits per heavy atom. The van der Waals surface area contributed by atoms with Crippen LogP contribution < -0.4 is 10.6 Å². The molecule has 160 valence electrons. The zero-order valence-electron chi connectivity index (χ0n) is 17.1. The summed E-state index contributed by atoms with van der Waals surface area (Å²) in [5.74, 6) is -1.92. The van der Waals surface area contributed by atoms with Gasteiger partial charge in [0.15, 0.2) is 9.84 Å². The van der Waals surface area contributed by atoms with Crippen molar-refractivity contribution in [3.8, 4) is 5.69 Å². The molecule has 3 aromatic rings. The van der Waals surface area contributed by atoms with E-state index < -0.39 is 21.7 Å². The van der Waals surface area contributed by atoms with Crippen LogP contribution >= 0.6 is 0 Å². The molecule has 1 aromatic heterocycles. The molecule has 1 aliphatic heterocycles. The lowest BCUT2D eigenvalue weighted by atomic mass is 10.1. The molecule has 1 unspecified atom stereocenters. The third kappa shape index (κ3) is 4.36. The molecule has 2 heterocycles. The van der Waals surface area contributed by atoms with E-state index in [0.29, 0.717) is 16.9 Å². The van der Waals surface area contributed by atoms with Crippen LogP contribution in [-0.4, -0.2) is 30.0 Å². The zero-order valence-corrected chi connectivity index (χ0v) is 17.9. The Morgan fingerprint density at radius 1 is 1.03 bits per heavy atom. The minimum Gasteiger partial charge on any atom is -0.341 e. The lowest BCUT2D eigenvalue weighted by Gasteiger charge is -2.15. The first kappa shape index (κ1) is 20.8. The molecule has 9 heteroatoms. The fourth-order valence-electron chi connectivity index (χ4n) is 3.57. The Labute approximate surface area is 180 Å². The first-order chi connectivity index (χ1) is 14.7. The Kier molecular flexibility index (Phi) is 5.36. The molecular formula is C22H22N4O4S. The first-order valence-electron chi connectivity index (χ1n) is 9.78. The van der Waals surface area contributed by atoms with Crippen LogP contribution in [0.4, 0.5) is 5.82 Å². The third-order valence-electron chi connectivity index (χ3n) is 5.12. The molecule has 1 atom stereocenters. The van der Waals surface area contributed by atoms with Crippen molar-refractivity contribution in [2.45, 2.75) is 31.4 Å². The largest absolute Gasteiger partial charge is 0.341 e. The molecule has 0 spiro atoms. The van der Waals surface area contributed by atoms with Crippen LogP contribution in [0.3, 0.4) is 0 Å². The quantitative estimate of drug-likeness (QED) is 0.608. The van der Waals surface area contributed by atoms with Crippen molar-refractivity contribution in [3.05, 3.63) is 77.0 Å². The number of fused-ring (bicyclic) bond motifs is 1. The molecule has 8 nitrogen and oxygen atoms in total. The summed E-state index contributed by atoms with van der Waals surface area (Å²) in [7, 11) is -3.33. The maximum atomic E-state index is 12.7. The average Bonchev–Trinajstić information content (AvgIpc) is 3.21. The standard InChI is InChI=1S/C22H22N4O4S/c1-14-7-6-10-17(11-14)26-20(18-12-31(29,30)13-19(18)25-26)24-22(28)21(27)23-15(2)16-8-4-3-5-9-16/h3-11,15H,12-13H2,1-2H3,(H,23,27)(H,24,28). The molecule has 2 aromatic carbocycles. The zero-order chi connectivity index (χ0) is 22.2. The second kappa shape index (κ2) is 7.99. The summed E-state index contributed by atoms with van der Waals surface area (Å²) in [6, 6.07) is 16.3. The lowest BCUT2D eigenvalue weighted by Crippen LogP contribution is -2.37. The topological polar surface area (TPSA) is 110 Å². The van der Waals surface area contributed by atoms with Crippen molar-refractivity contribution in [1.29, 1.82) is 0 Å². The number of nitrogens with zero attached hydrogens (tertiary/aromatic N) is 2. The average molecular weight is 439 g/mol. The van der Waals surface area contributed by atoms with Gasteiger partial charge in [0.25, 0.3) is 0 Å². The lowest BCUT2D eigenvalue weighted by molar-refractivity contribution is -0.136. The summed E-state index contributed by atoms with van der Waals surface area (Å²) >= 11 is 0. The number of nitrogens with one attached hydrogen (secondary N) is 2. The maximum absolute atomic E-state index is 12.7. The van der Waals surface area contributed by atoms with Crippen molar-refractivity contribution in [2.24, 2.45) is 0 Å². The summed E-state index contributed by atoms with van der Waals surface area (Å²) in [6.07, 6.45) is 0. The van der Waals surface area contributed by atoms with Crippen LogP contribution in [0.15, 0.2) is 54.6 Å². The summed E-state index contributed by atoms with van der Waals surface area (Å²) < 4.78 is 25.7. The van der Waals surface area contributed by atoms with E-state index in [0.717, 1.165) is 11.1 Å². The molecule has 0 fully saturated rings. The van der Waals surface area contributed by atoms with E-state index in [1.807, 2.05) is 55.5 Å². The number of anilines is 1. The van der Waals surface area contributed by atoms with E-state index in [-0.39, 0.29) is 23.4 Å². The van der Waals surface area contributed by atoms with Crippen molar-refractivity contribution in [2.75, 3.05) is 5.32 Å². The number of rotatable bonds is 4. The maximum Gasteiger partial charge on any atom is 0.314 e. The number of aromatic nitrogens is 2. The summed E-state index contributed by atoms with van der Waals surface area (Å²) in [5, 5.41) is 9.66. The Bertz CT molecular complexity index is 1270. The van der Waals surface area contributed by atoms with Crippen LogP contribution in [-0.2, 0) is 30.9 Å². The number of aryl methyl sites for hydroxylation is 1. The molecule has 0 radical (unpaired) electrons. The second-order valence-electron chi connectivity index (χ2n) is 7.62. The van der Waals surface area contributed by atoms with E-state index in [1.165, 1.54) is 4.68 Å². The number of hydrogen-bond donors (Lipinski definition) is 2. The predicted molar refractivity (Wildman–Crippen MR) is 116 cm³/mol. The van der Waals surface area contributed by atoms with E-state index in [1.54, 1.807) is 13.0 Å². The normalized spacial score (nSPS) is 15.2. The SMILES string of the molecule is Cc1cccc(-n2nc3c(c2NC(=O)C(=O)NC(C)c2ccccc2)CS(=O)(=O)C3)c1. The van der Waals surface area contributed by atoms with Gasteiger partial charge in [0.05, 0.1) is 28.9 Å². The fourth-order valence-corrected chi connectivity index (χ4v) is 5.06. The Balaban J connectivity index is 1.61. The Morgan fingerprint density at radius 2 is 1.77 bits per heavy atom. The van der Waals surface area contributed by atoms with E-state index >= 15 is 0 Å². The van der Waals surface area contributed by atoms with E-state index in [9.17, 15) is 18.0 Å². The highest BCUT2D eigenvalue weighted by Gasteiger charge is 2.34. The van der Waals surface area contributed by atoms with Crippen LogP contribution in [0.1, 0.15) is 35.3 Å². The van der Waals surface area contributed by atoms with Gasteiger partial charge < -0.3 is 10.6 Å². The van der Waals surface area contributed by atoms with Gasteiger partial charge in [-0.15, -0.1) is 0 Å². The van der Waals surface area contributed by atoms with Gasteiger partial charge in [0.1, 0.15) is 5.82 Å². The number of hydrogen-bond acceptors (Lipinski definition) is 5. The number of sulfone groups is 1. The smallest absolute Gasteiger partial charge is 0.314 e. The molecule has 0 saturated carbocycles. The summed E-state index contributed by atoms with van der Waals surface area (Å²) in [4.78, 5) is 25.2. The van der Waals surface area contributed by atoms with Crippen molar-refractivity contribution in [3.63, 3.8) is 0 Å². The molecule has 0 aliphatic carbocycles. The predicted octanol–water partition coefficient (Wildman–Crippen LogP) is 2.43. The van der Waals surface area contributed by atoms with Gasteiger partial charge in [0, 0.05) is 5.56 Å². The summed E-state index contributed by atoms with van der Waals surface area (Å²) in [6.45, 7) is 3.70. The molecule has 0 saturated heterocycles. The summed E-state index contributed by atoms with van der Waals surface area (Å²) in [5.41, 5.74) is 3.31. The minimum atomic E-state index is -3.33. The minimum absolute atomic E-state index is 0.193. The molecule has 2 amide bonds. The van der Waals surface area contributed by atoms with Gasteiger partial charge in [-0.2, -0.15) is 5.10 Å². The van der Waals surface area contributed by atoms with Gasteiger partial charge in [-0.1, -0.05) is 42.5 Å². The number of carbonyl (C=O) groups excluding carboxylic acids is 2. The molecular weight excluding hydrogens is 416 g/mol. The molecule has 2 N–H and O–H groups in total. The number of amides is 2. The highest BCUT2D eigenvalue weighted by Crippen LogP contribution is 2.33. The fraction of sp³-hybridized carbons (Fsp3) is 0.227. The van der Waals surface area contributed by atoms with Crippen molar-refractivity contribution < 1.29 is 18.0 Å². The van der Waals surface area contributed by atoms with Crippen LogP contribution in [0.2, 0.25) is 0 Å². The molecule has 4 rings (SSSR count). The van der Waals surface area contributed by atoms with Crippen LogP contribution in [0, 0.1) is 6.92 Å². The molecule has 0 bridgehead atoms. The van der Waals surface area contributed by atoms with E-state index in [2.05, 4.69) is 15.7 Å². The molecule has 1 aliphatic rings. The van der Waals surface area contributed by atoms with Crippen LogP contribution in [0.5, 0.6) is 0 Å². The van der Waals surface area contributed by atoms with Gasteiger partial charge >= 0.3 is 11.8 Å². The van der Waals surface area contributed by atoms with Gasteiger partial charge in [-0.25, -0.2) is 13.1 Å². The van der Waals surface area contributed by atoms with Gasteiger partial charge in [-0.3, -0.25) is 9.59 Å². The highest BCUT2D eigenvalue weighted by atomic mass is 32.2. The monoisotopic (exact) mass is 438 g/mol.